The van der Waals surface area contributed by atoms with Crippen LogP contribution < -0.4 is 0 Å². The van der Waals surface area contributed by atoms with Crippen LogP contribution in [0.2, 0.25) is 0 Å². The Kier molecular flexibility index (Phi) is 2.95. The Hall–Kier alpha value is -0.580. The largest absolute Gasteiger partial charge is 0.476 e. The summed E-state index contributed by atoms with van der Waals surface area (Å²) in [7, 11) is 0. The fourth-order valence-electron chi connectivity index (χ4n) is 0.690. The number of carbonyl (C=O) groups excluding carboxylic acids is 1. The molecule has 0 fully saturated rings. The van der Waals surface area contributed by atoms with Crippen LogP contribution >= 0.6 is 34.8 Å². The molecule has 1 N–H and O–H groups in total. The van der Waals surface area contributed by atoms with E-state index in [1.165, 1.54) is 0 Å². The molecule has 1 rings (SSSR count). The summed E-state index contributed by atoms with van der Waals surface area (Å²) >= 11 is 16.4. The van der Waals surface area contributed by atoms with Gasteiger partial charge in [-0.2, -0.15) is 0 Å². The van der Waals surface area contributed by atoms with Gasteiger partial charge < -0.3 is 5.11 Å². The summed E-state index contributed by atoms with van der Waals surface area (Å²) in [5.41, 5.74) is -0.575. The lowest BCUT2D eigenvalue weighted by molar-refractivity contribution is -0.129. The van der Waals surface area contributed by atoms with Gasteiger partial charge in [-0.05, 0) is 0 Å². The number of aliphatic carboxylic acids is 1. The molecular weight excluding hydrogens is 240 g/mol. The Balaban J connectivity index is 3.21. The smallest absolute Gasteiger partial charge is 0.356 e. The van der Waals surface area contributed by atoms with Crippen LogP contribution in [0.3, 0.4) is 0 Å². The van der Waals surface area contributed by atoms with Gasteiger partial charge in [-0.25, -0.2) is 9.79 Å². The van der Waals surface area contributed by atoms with E-state index in [0.717, 1.165) is 0 Å². The van der Waals surface area contributed by atoms with Crippen molar-refractivity contribution in [3.8, 4) is 0 Å². The van der Waals surface area contributed by atoms with Crippen LogP contribution in [0.1, 0.15) is 0 Å². The second kappa shape index (κ2) is 3.65. The monoisotopic (exact) mass is 241 g/mol. The molecule has 0 spiro atoms. The summed E-state index contributed by atoms with van der Waals surface area (Å²) in [4.78, 5) is 24.5. The summed E-state index contributed by atoms with van der Waals surface area (Å²) in [5.74, 6) is -2.24. The Morgan fingerprint density at radius 3 is 2.46 bits per heavy atom. The summed E-state index contributed by atoms with van der Waals surface area (Å²) < 4.78 is 0. The van der Waals surface area contributed by atoms with Crippen molar-refractivity contribution >= 4 is 52.4 Å². The summed E-state index contributed by atoms with van der Waals surface area (Å²) in [5, 5.41) is 6.84. The number of nitrogens with zero attached hydrogens (tertiary/aromatic N) is 1. The number of carboxylic acid groups (broad SMARTS) is 1. The second-order valence-electron chi connectivity index (χ2n) is 2.13. The topological polar surface area (TPSA) is 66.7 Å². The van der Waals surface area contributed by atoms with Gasteiger partial charge in [-0.1, -0.05) is 23.2 Å². The number of amides is 1. The number of halogens is 3. The van der Waals surface area contributed by atoms with Crippen molar-refractivity contribution in [1.29, 1.82) is 0 Å². The zero-order valence-electron chi connectivity index (χ0n) is 5.92. The molecule has 0 bridgehead atoms. The molecule has 7 heteroatoms. The van der Waals surface area contributed by atoms with Crippen molar-refractivity contribution in [3.63, 3.8) is 0 Å². The predicted molar refractivity (Wildman–Crippen MR) is 48.5 cm³/mol. The zero-order valence-corrected chi connectivity index (χ0v) is 8.19. The molecule has 1 unspecified atom stereocenters. The van der Waals surface area contributed by atoms with Crippen LogP contribution in [0.4, 0.5) is 0 Å². The maximum Gasteiger partial charge on any atom is 0.356 e. The Morgan fingerprint density at radius 1 is 1.46 bits per heavy atom. The minimum Gasteiger partial charge on any atom is -0.476 e. The van der Waals surface area contributed by atoms with Crippen LogP contribution in [-0.2, 0) is 9.59 Å². The Morgan fingerprint density at radius 2 is 2.00 bits per heavy atom. The number of aliphatic imine (C=N–C) groups is 1. The van der Waals surface area contributed by atoms with E-state index in [0.29, 0.717) is 0 Å². The van der Waals surface area contributed by atoms with Crippen LogP contribution in [0.25, 0.3) is 0 Å². The first kappa shape index (κ1) is 10.5. The molecule has 1 aliphatic heterocycles. The van der Waals surface area contributed by atoms with Gasteiger partial charge in [-0.15, -0.1) is 11.6 Å². The van der Waals surface area contributed by atoms with Crippen molar-refractivity contribution in [2.24, 2.45) is 4.99 Å². The molecule has 0 aliphatic carbocycles. The van der Waals surface area contributed by atoms with Gasteiger partial charge in [0.05, 0.1) is 10.1 Å². The molecule has 13 heavy (non-hydrogen) atoms. The van der Waals surface area contributed by atoms with Gasteiger partial charge in [0.15, 0.2) is 11.1 Å². The van der Waals surface area contributed by atoms with Crippen molar-refractivity contribution in [2.45, 2.75) is 5.38 Å². The van der Waals surface area contributed by atoms with E-state index in [-0.39, 0.29) is 10.1 Å². The van der Waals surface area contributed by atoms with Crippen molar-refractivity contribution in [3.05, 3.63) is 10.1 Å². The normalized spacial score (nSPS) is 23.2. The minimum atomic E-state index is -1.42. The lowest BCUT2D eigenvalue weighted by Crippen LogP contribution is -2.26. The van der Waals surface area contributed by atoms with Crippen LogP contribution in [0.5, 0.6) is 0 Å². The van der Waals surface area contributed by atoms with E-state index in [4.69, 9.17) is 39.9 Å². The summed E-state index contributed by atoms with van der Waals surface area (Å²) in [6.07, 6.45) is 0. The first-order chi connectivity index (χ1) is 5.95. The molecule has 70 valence electrons. The van der Waals surface area contributed by atoms with Gasteiger partial charge in [0.25, 0.3) is 5.91 Å². The predicted octanol–water partition coefficient (Wildman–Crippen LogP) is 1.35. The lowest BCUT2D eigenvalue weighted by atomic mass is 10.2. The average Bonchev–Trinajstić information content (AvgIpc) is 2.07. The van der Waals surface area contributed by atoms with Crippen molar-refractivity contribution < 1.29 is 14.7 Å². The first-order valence-electron chi connectivity index (χ1n) is 3.00. The number of dihydropyridines is 1. The van der Waals surface area contributed by atoms with Crippen LogP contribution in [0, 0.1) is 0 Å². The number of alkyl halides is 1. The highest BCUT2D eigenvalue weighted by Gasteiger charge is 2.31. The number of rotatable bonds is 1. The molecule has 0 saturated carbocycles. The molecule has 0 aromatic carbocycles. The quantitative estimate of drug-likeness (QED) is 0.706. The lowest BCUT2D eigenvalue weighted by Gasteiger charge is -2.12. The van der Waals surface area contributed by atoms with Crippen molar-refractivity contribution in [2.75, 3.05) is 0 Å². The van der Waals surface area contributed by atoms with Gasteiger partial charge >= 0.3 is 5.97 Å². The van der Waals surface area contributed by atoms with Gasteiger partial charge in [0.2, 0.25) is 0 Å². The number of hydrogen-bond acceptors (Lipinski definition) is 2. The van der Waals surface area contributed by atoms with E-state index in [1.807, 2.05) is 0 Å². The second-order valence-corrected chi connectivity index (χ2v) is 3.35. The van der Waals surface area contributed by atoms with Gasteiger partial charge in [0.1, 0.15) is 0 Å². The molecule has 0 aromatic rings. The summed E-state index contributed by atoms with van der Waals surface area (Å²) in [6.45, 7) is 0. The average molecular weight is 242 g/mol. The van der Waals surface area contributed by atoms with E-state index in [2.05, 4.69) is 4.99 Å². The van der Waals surface area contributed by atoms with E-state index in [9.17, 15) is 9.59 Å². The third kappa shape index (κ3) is 1.85. The fourth-order valence-corrected chi connectivity index (χ4v) is 1.32. The number of hydrogen-bond donors (Lipinski definition) is 1. The van der Waals surface area contributed by atoms with E-state index >= 15 is 0 Å². The SMILES string of the molecule is O=C(O)C1=NC(=O)C(Cl)C(Cl)=C1Cl. The highest BCUT2D eigenvalue weighted by atomic mass is 35.5. The molecule has 1 aliphatic rings. The molecule has 0 radical (unpaired) electrons. The standard InChI is InChI=1S/C6H2Cl3NO3/c7-1-2(8)4(6(12)13)10-5(11)3(1)9/h3H,(H,12,13). The third-order valence-corrected chi connectivity index (χ3v) is 2.68. The maximum atomic E-state index is 10.9. The summed E-state index contributed by atoms with van der Waals surface area (Å²) in [6, 6.07) is 0. The molecular formula is C6H2Cl3NO3. The molecule has 4 nitrogen and oxygen atoms in total. The van der Waals surface area contributed by atoms with E-state index < -0.39 is 23.0 Å². The highest BCUT2D eigenvalue weighted by Crippen LogP contribution is 2.27. The highest BCUT2D eigenvalue weighted by molar-refractivity contribution is 6.64. The van der Waals surface area contributed by atoms with Crippen LogP contribution in [0.15, 0.2) is 15.1 Å². The van der Waals surface area contributed by atoms with Crippen molar-refractivity contribution in [1.82, 2.24) is 0 Å². The zero-order chi connectivity index (χ0) is 10.2. The Labute approximate surface area is 87.8 Å². The van der Waals surface area contributed by atoms with Gasteiger partial charge in [-0.3, -0.25) is 4.79 Å². The molecule has 1 atom stereocenters. The molecule has 1 heterocycles. The first-order valence-corrected chi connectivity index (χ1v) is 4.19. The third-order valence-electron chi connectivity index (χ3n) is 1.28. The van der Waals surface area contributed by atoms with Crippen LogP contribution in [-0.4, -0.2) is 28.1 Å². The number of carbonyl (C=O) groups is 2. The Bertz CT molecular complexity index is 347. The molecule has 0 aromatic heterocycles. The molecule has 1 amide bonds. The van der Waals surface area contributed by atoms with Gasteiger partial charge in [0, 0.05) is 0 Å². The number of carboxylic acids is 1. The fraction of sp³-hybridized carbons (Fsp3) is 0.167. The maximum absolute atomic E-state index is 10.9. The molecule has 0 saturated heterocycles. The van der Waals surface area contributed by atoms with E-state index in [1.54, 1.807) is 0 Å². The minimum absolute atomic E-state index is 0.208.